The van der Waals surface area contributed by atoms with Gasteiger partial charge in [-0.25, -0.2) is 0 Å². The van der Waals surface area contributed by atoms with Gasteiger partial charge in [0.15, 0.2) is 0 Å². The third kappa shape index (κ3) is 2.61. The van der Waals surface area contributed by atoms with E-state index in [-0.39, 0.29) is 17.9 Å². The number of rotatable bonds is 4. The Labute approximate surface area is 116 Å². The molecule has 1 amide bonds. The average Bonchev–Trinajstić information content (AvgIpc) is 2.66. The number of amides is 1. The van der Waals surface area contributed by atoms with Gasteiger partial charge >= 0.3 is 5.97 Å². The molecule has 0 radical (unpaired) electrons. The predicted molar refractivity (Wildman–Crippen MR) is 71.4 cm³/mol. The quantitative estimate of drug-likeness (QED) is 0.921. The molecule has 1 aliphatic rings. The maximum atomic E-state index is 12.3. The zero-order chi connectivity index (χ0) is 14.2. The SMILES string of the molecule is CCn1cc(Cl)cc1C(=O)N(C)C1CC(C(=O)O)C1. The first-order chi connectivity index (χ1) is 8.93. The summed E-state index contributed by atoms with van der Waals surface area (Å²) in [7, 11) is 1.71. The van der Waals surface area contributed by atoms with Crippen molar-refractivity contribution < 1.29 is 14.7 Å². The van der Waals surface area contributed by atoms with Crippen LogP contribution in [0.5, 0.6) is 0 Å². The molecule has 1 saturated carbocycles. The van der Waals surface area contributed by atoms with E-state index < -0.39 is 5.97 Å². The highest BCUT2D eigenvalue weighted by Gasteiger charge is 2.38. The van der Waals surface area contributed by atoms with Crippen molar-refractivity contribution in [3.8, 4) is 0 Å². The standard InChI is InChI=1S/C13H17ClN2O3/c1-3-16-7-9(14)6-11(16)12(17)15(2)10-4-8(5-10)13(18)19/h6-8,10H,3-5H2,1-2H3,(H,18,19). The van der Waals surface area contributed by atoms with Gasteiger partial charge in [-0.15, -0.1) is 0 Å². The van der Waals surface area contributed by atoms with Gasteiger partial charge in [0.25, 0.3) is 5.91 Å². The Balaban J connectivity index is 2.06. The first-order valence-corrected chi connectivity index (χ1v) is 6.67. The molecule has 2 rings (SSSR count). The summed E-state index contributed by atoms with van der Waals surface area (Å²) in [4.78, 5) is 24.7. The summed E-state index contributed by atoms with van der Waals surface area (Å²) in [6.45, 7) is 2.61. The molecule has 0 aliphatic heterocycles. The number of carbonyl (C=O) groups is 2. The number of hydrogen-bond donors (Lipinski definition) is 1. The van der Waals surface area contributed by atoms with Crippen LogP contribution in [0.2, 0.25) is 5.02 Å². The van der Waals surface area contributed by atoms with Crippen molar-refractivity contribution in [3.05, 3.63) is 23.0 Å². The monoisotopic (exact) mass is 284 g/mol. The molecule has 6 heteroatoms. The third-order valence-electron chi connectivity index (χ3n) is 3.75. The van der Waals surface area contributed by atoms with E-state index >= 15 is 0 Å². The van der Waals surface area contributed by atoms with E-state index in [0.717, 1.165) is 0 Å². The zero-order valence-electron chi connectivity index (χ0n) is 11.0. The fourth-order valence-corrected chi connectivity index (χ4v) is 2.59. The second kappa shape index (κ2) is 5.25. The van der Waals surface area contributed by atoms with E-state index in [2.05, 4.69) is 0 Å². The molecular weight excluding hydrogens is 268 g/mol. The zero-order valence-corrected chi connectivity index (χ0v) is 11.7. The Morgan fingerprint density at radius 3 is 2.68 bits per heavy atom. The number of aryl methyl sites for hydroxylation is 1. The van der Waals surface area contributed by atoms with Crippen molar-refractivity contribution in [1.29, 1.82) is 0 Å². The fourth-order valence-electron chi connectivity index (χ4n) is 2.37. The van der Waals surface area contributed by atoms with Crippen molar-refractivity contribution in [2.75, 3.05) is 7.05 Å². The van der Waals surface area contributed by atoms with Crippen LogP contribution >= 0.6 is 11.6 Å². The molecule has 1 aromatic heterocycles. The number of nitrogens with zero attached hydrogens (tertiary/aromatic N) is 2. The van der Waals surface area contributed by atoms with Crippen LogP contribution in [0.25, 0.3) is 0 Å². The van der Waals surface area contributed by atoms with Gasteiger partial charge in [0.05, 0.1) is 10.9 Å². The Bertz CT molecular complexity index is 506. The highest BCUT2D eigenvalue weighted by atomic mass is 35.5. The normalized spacial score (nSPS) is 21.8. The summed E-state index contributed by atoms with van der Waals surface area (Å²) in [5, 5.41) is 9.39. The molecule has 19 heavy (non-hydrogen) atoms. The molecule has 1 heterocycles. The number of carboxylic acids is 1. The fraction of sp³-hybridized carbons (Fsp3) is 0.538. The van der Waals surface area contributed by atoms with Crippen LogP contribution in [0.4, 0.5) is 0 Å². The summed E-state index contributed by atoms with van der Waals surface area (Å²) in [6, 6.07) is 1.66. The molecular formula is C13H17ClN2O3. The van der Waals surface area contributed by atoms with Crippen LogP contribution in [-0.2, 0) is 11.3 Å². The lowest BCUT2D eigenvalue weighted by molar-refractivity contribution is -0.146. The predicted octanol–water partition coefficient (Wildman–Crippen LogP) is 2.10. The molecule has 0 aromatic carbocycles. The molecule has 104 valence electrons. The van der Waals surface area contributed by atoms with Gasteiger partial charge in [-0.1, -0.05) is 11.6 Å². The number of aliphatic carboxylic acids is 1. The van der Waals surface area contributed by atoms with Crippen LogP contribution in [-0.4, -0.2) is 39.5 Å². The Morgan fingerprint density at radius 2 is 2.16 bits per heavy atom. The number of aromatic nitrogens is 1. The number of halogens is 1. The molecule has 0 atom stereocenters. The second-order valence-corrected chi connectivity index (χ2v) is 5.34. The molecule has 1 N–H and O–H groups in total. The lowest BCUT2D eigenvalue weighted by Crippen LogP contribution is -2.48. The van der Waals surface area contributed by atoms with E-state index in [0.29, 0.717) is 30.1 Å². The Kier molecular flexibility index (Phi) is 3.85. The van der Waals surface area contributed by atoms with Crippen molar-refractivity contribution in [2.45, 2.75) is 32.4 Å². The smallest absolute Gasteiger partial charge is 0.306 e. The first kappa shape index (κ1) is 13.9. The van der Waals surface area contributed by atoms with Crippen molar-refractivity contribution >= 4 is 23.5 Å². The molecule has 0 spiro atoms. The Morgan fingerprint density at radius 1 is 1.53 bits per heavy atom. The summed E-state index contributed by atoms with van der Waals surface area (Å²) in [5.41, 5.74) is 0.550. The highest BCUT2D eigenvalue weighted by Crippen LogP contribution is 2.32. The van der Waals surface area contributed by atoms with E-state index in [9.17, 15) is 9.59 Å². The molecule has 0 unspecified atom stereocenters. The maximum absolute atomic E-state index is 12.3. The summed E-state index contributed by atoms with van der Waals surface area (Å²) < 4.78 is 1.80. The Hall–Kier alpha value is -1.49. The lowest BCUT2D eigenvalue weighted by atomic mass is 9.79. The number of hydrogen-bond acceptors (Lipinski definition) is 2. The maximum Gasteiger partial charge on any atom is 0.306 e. The summed E-state index contributed by atoms with van der Waals surface area (Å²) in [6.07, 6.45) is 2.78. The molecule has 1 fully saturated rings. The summed E-state index contributed by atoms with van der Waals surface area (Å²) in [5.74, 6) is -1.21. The van der Waals surface area contributed by atoms with Gasteiger partial charge in [0.1, 0.15) is 5.69 Å². The first-order valence-electron chi connectivity index (χ1n) is 6.29. The molecule has 5 nitrogen and oxygen atoms in total. The lowest BCUT2D eigenvalue weighted by Gasteiger charge is -2.39. The van der Waals surface area contributed by atoms with E-state index in [1.165, 1.54) is 0 Å². The minimum atomic E-state index is -0.780. The largest absolute Gasteiger partial charge is 0.481 e. The van der Waals surface area contributed by atoms with E-state index in [1.807, 2.05) is 6.92 Å². The number of carbonyl (C=O) groups excluding carboxylic acids is 1. The van der Waals surface area contributed by atoms with Crippen LogP contribution in [0.15, 0.2) is 12.3 Å². The van der Waals surface area contributed by atoms with Crippen LogP contribution in [0.3, 0.4) is 0 Å². The minimum absolute atomic E-state index is 0.00702. The summed E-state index contributed by atoms with van der Waals surface area (Å²) >= 11 is 5.92. The van der Waals surface area contributed by atoms with Crippen molar-refractivity contribution in [3.63, 3.8) is 0 Å². The molecule has 1 aliphatic carbocycles. The van der Waals surface area contributed by atoms with Gasteiger partial charge in [0.2, 0.25) is 0 Å². The van der Waals surface area contributed by atoms with Crippen LogP contribution in [0, 0.1) is 5.92 Å². The van der Waals surface area contributed by atoms with Crippen molar-refractivity contribution in [1.82, 2.24) is 9.47 Å². The van der Waals surface area contributed by atoms with E-state index in [4.69, 9.17) is 16.7 Å². The van der Waals surface area contributed by atoms with Crippen LogP contribution in [0.1, 0.15) is 30.3 Å². The van der Waals surface area contributed by atoms with E-state index in [1.54, 1.807) is 28.8 Å². The van der Waals surface area contributed by atoms with Gasteiger partial charge in [-0.3, -0.25) is 9.59 Å². The van der Waals surface area contributed by atoms with Gasteiger partial charge in [0, 0.05) is 25.8 Å². The molecule has 1 aromatic rings. The molecule has 0 saturated heterocycles. The second-order valence-electron chi connectivity index (χ2n) is 4.91. The van der Waals surface area contributed by atoms with Gasteiger partial charge in [-0.2, -0.15) is 0 Å². The van der Waals surface area contributed by atoms with Gasteiger partial charge < -0.3 is 14.6 Å². The minimum Gasteiger partial charge on any atom is -0.481 e. The number of carboxylic acid groups (broad SMARTS) is 1. The highest BCUT2D eigenvalue weighted by molar-refractivity contribution is 6.31. The third-order valence-corrected chi connectivity index (χ3v) is 3.96. The topological polar surface area (TPSA) is 62.5 Å². The molecule has 0 bridgehead atoms. The van der Waals surface area contributed by atoms with Gasteiger partial charge in [-0.05, 0) is 25.8 Å². The van der Waals surface area contributed by atoms with Crippen molar-refractivity contribution in [2.24, 2.45) is 5.92 Å². The average molecular weight is 285 g/mol. The van der Waals surface area contributed by atoms with Crippen LogP contribution < -0.4 is 0 Å².